The molecule has 8 heteroatoms. The number of allylic oxidation sites excluding steroid dienone is 1. The maximum Gasteiger partial charge on any atom is 0.248 e. The molecule has 1 aliphatic rings. The van der Waals surface area contributed by atoms with E-state index < -0.39 is 11.9 Å². The van der Waals surface area contributed by atoms with Gasteiger partial charge in [0.1, 0.15) is 6.04 Å². The van der Waals surface area contributed by atoms with Crippen molar-refractivity contribution in [3.63, 3.8) is 0 Å². The number of pyridine rings is 1. The first-order chi connectivity index (χ1) is 14.5. The fraction of sp³-hybridized carbons (Fsp3) is 0.273. The Bertz CT molecular complexity index is 1080. The number of rotatable bonds is 6. The first kappa shape index (κ1) is 19.6. The van der Waals surface area contributed by atoms with E-state index in [4.69, 9.17) is 10.8 Å². The second-order valence-corrected chi connectivity index (χ2v) is 7.11. The number of hydrogen-bond acceptors (Lipinski definition) is 6. The van der Waals surface area contributed by atoms with Crippen molar-refractivity contribution >= 4 is 17.5 Å². The molecule has 8 nitrogen and oxygen atoms in total. The van der Waals surface area contributed by atoms with Crippen LogP contribution in [-0.2, 0) is 4.79 Å². The molecule has 1 unspecified atom stereocenters. The predicted octanol–water partition coefficient (Wildman–Crippen LogP) is 2.96. The number of nitrogens with one attached hydrogen (secondary N) is 1. The highest BCUT2D eigenvalue weighted by Gasteiger charge is 2.34. The number of hydrogen-bond donors (Lipinski definition) is 2. The molecule has 0 bridgehead atoms. The quantitative estimate of drug-likeness (QED) is 0.656. The van der Waals surface area contributed by atoms with Crippen LogP contribution in [0.4, 0.5) is 11.6 Å². The van der Waals surface area contributed by atoms with Gasteiger partial charge in [-0.25, -0.2) is 4.68 Å². The topological polar surface area (TPSA) is 102 Å². The van der Waals surface area contributed by atoms with Crippen LogP contribution in [0.2, 0.25) is 0 Å². The first-order valence-electron chi connectivity index (χ1n) is 10.0. The number of carbonyl (C=O) groups excluding carboxylic acids is 1. The molecular weight excluding hydrogens is 378 g/mol. The lowest BCUT2D eigenvalue weighted by atomic mass is 9.99. The van der Waals surface area contributed by atoms with E-state index in [2.05, 4.69) is 46.2 Å². The number of nitrogens with zero attached hydrogens (tertiary/aromatic N) is 5. The van der Waals surface area contributed by atoms with Gasteiger partial charge in [0.15, 0.2) is 5.82 Å². The van der Waals surface area contributed by atoms with Gasteiger partial charge in [-0.2, -0.15) is 4.98 Å². The lowest BCUT2D eigenvalue weighted by Crippen LogP contribution is -2.32. The third-order valence-corrected chi connectivity index (χ3v) is 5.34. The third kappa shape index (κ3) is 3.41. The molecule has 1 aliphatic heterocycles. The van der Waals surface area contributed by atoms with Crippen molar-refractivity contribution in [1.82, 2.24) is 19.7 Å². The van der Waals surface area contributed by atoms with Gasteiger partial charge in [0.25, 0.3) is 0 Å². The van der Waals surface area contributed by atoms with Crippen molar-refractivity contribution in [3.8, 4) is 11.4 Å². The molecule has 0 fully saturated rings. The maximum absolute atomic E-state index is 12.2. The molecule has 3 aromatic rings. The number of primary amides is 1. The lowest BCUT2D eigenvalue weighted by molar-refractivity contribution is -0.115. The molecule has 0 saturated carbocycles. The number of amides is 1. The zero-order chi connectivity index (χ0) is 21.3. The van der Waals surface area contributed by atoms with Gasteiger partial charge in [0.05, 0.1) is 11.3 Å². The van der Waals surface area contributed by atoms with Crippen LogP contribution in [0.5, 0.6) is 0 Å². The summed E-state index contributed by atoms with van der Waals surface area (Å²) < 4.78 is 1.68. The molecule has 0 radical (unpaired) electrons. The summed E-state index contributed by atoms with van der Waals surface area (Å²) in [6, 6.07) is 13.2. The van der Waals surface area contributed by atoms with Gasteiger partial charge in [-0.1, -0.05) is 6.07 Å². The van der Waals surface area contributed by atoms with Crippen LogP contribution in [0.1, 0.15) is 32.5 Å². The van der Waals surface area contributed by atoms with Crippen molar-refractivity contribution in [2.24, 2.45) is 5.73 Å². The van der Waals surface area contributed by atoms with E-state index in [1.54, 1.807) is 10.9 Å². The van der Waals surface area contributed by atoms with Crippen molar-refractivity contribution in [2.75, 3.05) is 23.3 Å². The minimum atomic E-state index is -0.531. The van der Waals surface area contributed by atoms with E-state index in [9.17, 15) is 4.79 Å². The Morgan fingerprint density at radius 2 is 1.90 bits per heavy atom. The highest BCUT2D eigenvalue weighted by molar-refractivity contribution is 5.95. The molecular formula is C22H25N7O. The van der Waals surface area contributed by atoms with Gasteiger partial charge in [-0.15, -0.1) is 5.10 Å². The summed E-state index contributed by atoms with van der Waals surface area (Å²) in [5.74, 6) is 0.612. The fourth-order valence-electron chi connectivity index (χ4n) is 3.81. The zero-order valence-electron chi connectivity index (χ0n) is 17.3. The fourth-order valence-corrected chi connectivity index (χ4v) is 3.81. The van der Waals surface area contributed by atoms with Gasteiger partial charge in [-0.3, -0.25) is 9.78 Å². The van der Waals surface area contributed by atoms with Crippen LogP contribution in [0.15, 0.2) is 59.9 Å². The molecule has 0 spiro atoms. The number of carbonyl (C=O) groups is 1. The minimum Gasteiger partial charge on any atom is -0.372 e. The Kier molecular flexibility index (Phi) is 5.22. The van der Waals surface area contributed by atoms with Crippen molar-refractivity contribution in [1.29, 1.82) is 0 Å². The van der Waals surface area contributed by atoms with Gasteiger partial charge in [-0.05, 0) is 57.2 Å². The van der Waals surface area contributed by atoms with Gasteiger partial charge in [0, 0.05) is 36.2 Å². The Labute approximate surface area is 175 Å². The van der Waals surface area contributed by atoms with E-state index in [-0.39, 0.29) is 0 Å². The lowest BCUT2D eigenvalue weighted by Gasteiger charge is -2.26. The van der Waals surface area contributed by atoms with Crippen LogP contribution >= 0.6 is 0 Å². The number of nitrogens with two attached hydrogens (primary N) is 1. The molecule has 0 aliphatic carbocycles. The third-order valence-electron chi connectivity index (χ3n) is 5.34. The average molecular weight is 403 g/mol. The number of fused-ring (bicyclic) bond motifs is 1. The summed E-state index contributed by atoms with van der Waals surface area (Å²) >= 11 is 0. The van der Waals surface area contributed by atoms with E-state index in [1.807, 2.05) is 37.3 Å². The highest BCUT2D eigenvalue weighted by atomic mass is 16.1. The number of aromatic nitrogens is 4. The molecule has 3 heterocycles. The molecule has 2 aromatic heterocycles. The van der Waals surface area contributed by atoms with Crippen LogP contribution < -0.4 is 16.0 Å². The molecule has 4 rings (SSSR count). The number of benzene rings is 1. The summed E-state index contributed by atoms with van der Waals surface area (Å²) in [6.45, 7) is 7.98. The Morgan fingerprint density at radius 3 is 2.50 bits per heavy atom. The number of anilines is 2. The average Bonchev–Trinajstić information content (AvgIpc) is 3.18. The van der Waals surface area contributed by atoms with E-state index >= 15 is 0 Å². The maximum atomic E-state index is 12.2. The minimum absolute atomic E-state index is 0.425. The summed E-state index contributed by atoms with van der Waals surface area (Å²) in [5, 5.41) is 7.87. The largest absolute Gasteiger partial charge is 0.372 e. The molecule has 1 atom stereocenters. The van der Waals surface area contributed by atoms with E-state index in [1.165, 1.54) is 0 Å². The van der Waals surface area contributed by atoms with Gasteiger partial charge in [0.2, 0.25) is 11.9 Å². The van der Waals surface area contributed by atoms with E-state index in [0.29, 0.717) is 28.7 Å². The molecule has 1 aromatic carbocycles. The summed E-state index contributed by atoms with van der Waals surface area (Å²) in [5.41, 5.74) is 9.52. The van der Waals surface area contributed by atoms with Crippen LogP contribution in [0, 0.1) is 0 Å². The Morgan fingerprint density at radius 1 is 1.17 bits per heavy atom. The summed E-state index contributed by atoms with van der Waals surface area (Å²) in [7, 11) is 0. The first-order valence-corrected chi connectivity index (χ1v) is 10.0. The van der Waals surface area contributed by atoms with Crippen molar-refractivity contribution < 1.29 is 4.79 Å². The van der Waals surface area contributed by atoms with Crippen molar-refractivity contribution in [2.45, 2.75) is 26.8 Å². The molecule has 3 N–H and O–H groups in total. The second kappa shape index (κ2) is 7.98. The molecule has 30 heavy (non-hydrogen) atoms. The molecule has 0 saturated heterocycles. The highest BCUT2D eigenvalue weighted by Crippen LogP contribution is 2.35. The summed E-state index contributed by atoms with van der Waals surface area (Å²) in [4.78, 5) is 23.6. The van der Waals surface area contributed by atoms with Crippen molar-refractivity contribution in [3.05, 3.63) is 65.6 Å². The predicted molar refractivity (Wildman–Crippen MR) is 117 cm³/mol. The molecule has 1 amide bonds. The monoisotopic (exact) mass is 403 g/mol. The Hall–Kier alpha value is -3.68. The zero-order valence-corrected chi connectivity index (χ0v) is 17.3. The normalized spacial score (nSPS) is 15.5. The standard InChI is InChI=1S/C22H25N7O/c1-4-28(5-2)16-11-9-15(10-12-16)21-26-22-25-14(3)18(20(23)30)19(29(22)27-21)17-8-6-7-13-24-17/h6-13,19H,4-5H2,1-3H3,(H2,23,30)(H,25,26,27). The summed E-state index contributed by atoms with van der Waals surface area (Å²) in [6.07, 6.45) is 1.69. The smallest absolute Gasteiger partial charge is 0.248 e. The van der Waals surface area contributed by atoms with Crippen LogP contribution in [-0.4, -0.2) is 38.7 Å². The van der Waals surface area contributed by atoms with Gasteiger partial charge < -0.3 is 16.0 Å². The molecule has 154 valence electrons. The van der Waals surface area contributed by atoms with E-state index in [0.717, 1.165) is 24.3 Å². The van der Waals surface area contributed by atoms with Crippen LogP contribution in [0.3, 0.4) is 0 Å². The van der Waals surface area contributed by atoms with Gasteiger partial charge >= 0.3 is 0 Å². The SMILES string of the molecule is CCN(CC)c1ccc(-c2nc3n(n2)C(c2ccccn2)C(C(N)=O)=C(C)N3)cc1. The van der Waals surface area contributed by atoms with Crippen LogP contribution in [0.25, 0.3) is 11.4 Å². The second-order valence-electron chi connectivity index (χ2n) is 7.11. The Balaban J connectivity index is 1.76.